The Morgan fingerprint density at radius 1 is 0.271 bits per heavy atom. The van der Waals surface area contributed by atoms with Gasteiger partial charge in [0.2, 0.25) is 0 Å². The molecule has 0 atom stereocenters. The Labute approximate surface area is 278 Å². The summed E-state index contributed by atoms with van der Waals surface area (Å²) >= 11 is 0. The number of hydrogen-bond acceptors (Lipinski definition) is 0. The molecule has 0 unspecified atom stereocenters. The Morgan fingerprint density at radius 2 is 0.750 bits per heavy atom. The summed E-state index contributed by atoms with van der Waals surface area (Å²) in [7, 11) is 0. The highest BCUT2D eigenvalue weighted by molar-refractivity contribution is 6.19. The van der Waals surface area contributed by atoms with Crippen LogP contribution in [0.15, 0.2) is 182 Å². The van der Waals surface area contributed by atoms with Gasteiger partial charge in [0.05, 0.1) is 22.1 Å². The fourth-order valence-electron chi connectivity index (χ4n) is 7.70. The summed E-state index contributed by atoms with van der Waals surface area (Å²) in [6.45, 7) is 0. The highest BCUT2D eigenvalue weighted by Gasteiger charge is 2.19. The van der Waals surface area contributed by atoms with E-state index in [0.717, 1.165) is 5.69 Å². The van der Waals surface area contributed by atoms with Crippen molar-refractivity contribution >= 4 is 54.4 Å². The van der Waals surface area contributed by atoms with E-state index in [4.69, 9.17) is 0 Å². The van der Waals surface area contributed by atoms with Gasteiger partial charge in [-0.25, -0.2) is 0 Å². The first kappa shape index (κ1) is 26.8. The molecule has 0 fully saturated rings. The van der Waals surface area contributed by atoms with Gasteiger partial charge in [-0.1, -0.05) is 133 Å². The first-order valence-corrected chi connectivity index (χ1v) is 16.5. The molecule has 0 amide bonds. The maximum Gasteiger partial charge on any atom is 0.0548 e. The summed E-state index contributed by atoms with van der Waals surface area (Å²) in [6.07, 6.45) is 0. The number of hydrogen-bond donors (Lipinski definition) is 0. The van der Waals surface area contributed by atoms with Gasteiger partial charge in [0.1, 0.15) is 0 Å². The summed E-state index contributed by atoms with van der Waals surface area (Å²) in [5, 5.41) is 7.49. The Bertz CT molecular complexity index is 2800. The normalized spacial score (nSPS) is 11.8. The molecule has 0 bridgehead atoms. The molecular weight excluding hydrogens is 581 g/mol. The fourth-order valence-corrected chi connectivity index (χ4v) is 7.70. The van der Waals surface area contributed by atoms with E-state index in [0.29, 0.717) is 0 Å². The topological polar surface area (TPSA) is 9.86 Å². The Hall–Kier alpha value is -6.38. The van der Waals surface area contributed by atoms with Gasteiger partial charge in [0.25, 0.3) is 0 Å². The standard InChI is InChI=1S/C46H30N2/c1-3-13-31(14-4-1)32-23-25-35(26-24-32)47-43-21-11-9-19-38(43)41-30-46-42(29-45(41)47)39-20-10-12-22-44(39)48(46)36-27-34-17-7-8-18-37(34)40(28-36)33-15-5-2-6-16-33/h1-30H. The molecule has 2 aromatic heterocycles. The smallest absolute Gasteiger partial charge is 0.0548 e. The summed E-state index contributed by atoms with van der Waals surface area (Å²) in [5.41, 5.74) is 12.1. The minimum absolute atomic E-state index is 1.16. The minimum atomic E-state index is 1.16. The van der Waals surface area contributed by atoms with Gasteiger partial charge in [0, 0.05) is 32.9 Å². The molecule has 0 saturated carbocycles. The van der Waals surface area contributed by atoms with Crippen molar-refractivity contribution in [3.05, 3.63) is 182 Å². The van der Waals surface area contributed by atoms with Gasteiger partial charge < -0.3 is 9.13 Å². The van der Waals surface area contributed by atoms with E-state index in [2.05, 4.69) is 191 Å². The molecule has 0 saturated heterocycles. The lowest BCUT2D eigenvalue weighted by Crippen LogP contribution is -1.96. The zero-order valence-corrected chi connectivity index (χ0v) is 26.2. The molecule has 224 valence electrons. The molecule has 10 aromatic rings. The molecular formula is C46H30N2. The van der Waals surface area contributed by atoms with E-state index >= 15 is 0 Å². The van der Waals surface area contributed by atoms with Crippen molar-refractivity contribution in [2.75, 3.05) is 0 Å². The van der Waals surface area contributed by atoms with Crippen LogP contribution in [0, 0.1) is 0 Å². The third kappa shape index (κ3) is 4.06. The van der Waals surface area contributed by atoms with Crippen LogP contribution in [0.3, 0.4) is 0 Å². The van der Waals surface area contributed by atoms with Gasteiger partial charge >= 0.3 is 0 Å². The van der Waals surface area contributed by atoms with Crippen molar-refractivity contribution in [1.29, 1.82) is 0 Å². The van der Waals surface area contributed by atoms with E-state index in [1.807, 2.05) is 0 Å². The molecule has 0 aliphatic carbocycles. The molecule has 2 nitrogen and oxygen atoms in total. The third-order valence-electron chi connectivity index (χ3n) is 9.89. The molecule has 0 aliphatic heterocycles. The van der Waals surface area contributed by atoms with E-state index in [1.165, 1.54) is 82.3 Å². The predicted octanol–water partition coefficient (Wildman–Crippen LogP) is 12.4. The molecule has 10 rings (SSSR count). The minimum Gasteiger partial charge on any atom is -0.309 e. The third-order valence-corrected chi connectivity index (χ3v) is 9.89. The maximum atomic E-state index is 2.46. The second kappa shape index (κ2) is 10.6. The summed E-state index contributed by atoms with van der Waals surface area (Å²) in [4.78, 5) is 0. The van der Waals surface area contributed by atoms with Crippen LogP contribution < -0.4 is 0 Å². The Kier molecular flexibility index (Phi) is 5.91. The van der Waals surface area contributed by atoms with Crippen molar-refractivity contribution in [2.24, 2.45) is 0 Å². The van der Waals surface area contributed by atoms with Crippen LogP contribution in [0.5, 0.6) is 0 Å². The fraction of sp³-hybridized carbons (Fsp3) is 0. The summed E-state index contributed by atoms with van der Waals surface area (Å²) < 4.78 is 4.89. The second-order valence-electron chi connectivity index (χ2n) is 12.6. The first-order chi connectivity index (χ1) is 23.8. The van der Waals surface area contributed by atoms with Crippen LogP contribution in [0.1, 0.15) is 0 Å². The molecule has 0 aliphatic rings. The van der Waals surface area contributed by atoms with Crippen LogP contribution in [-0.2, 0) is 0 Å². The lowest BCUT2D eigenvalue weighted by atomic mass is 9.97. The predicted molar refractivity (Wildman–Crippen MR) is 203 cm³/mol. The van der Waals surface area contributed by atoms with Crippen LogP contribution in [0.4, 0.5) is 0 Å². The van der Waals surface area contributed by atoms with Crippen LogP contribution >= 0.6 is 0 Å². The van der Waals surface area contributed by atoms with E-state index in [-0.39, 0.29) is 0 Å². The monoisotopic (exact) mass is 610 g/mol. The Morgan fingerprint density at radius 3 is 1.38 bits per heavy atom. The van der Waals surface area contributed by atoms with Gasteiger partial charge in [-0.3, -0.25) is 0 Å². The molecule has 2 heterocycles. The zero-order chi connectivity index (χ0) is 31.6. The van der Waals surface area contributed by atoms with Gasteiger partial charge in [-0.15, -0.1) is 0 Å². The number of para-hydroxylation sites is 2. The zero-order valence-electron chi connectivity index (χ0n) is 26.2. The summed E-state index contributed by atoms with van der Waals surface area (Å²) in [5.74, 6) is 0. The van der Waals surface area contributed by atoms with Crippen LogP contribution in [-0.4, -0.2) is 9.13 Å². The van der Waals surface area contributed by atoms with Crippen LogP contribution in [0.2, 0.25) is 0 Å². The number of nitrogens with zero attached hydrogens (tertiary/aromatic N) is 2. The maximum absolute atomic E-state index is 2.46. The lowest BCUT2D eigenvalue weighted by molar-refractivity contribution is 1.18. The highest BCUT2D eigenvalue weighted by Crippen LogP contribution is 2.41. The molecule has 0 radical (unpaired) electrons. The van der Waals surface area contributed by atoms with Crippen molar-refractivity contribution in [1.82, 2.24) is 9.13 Å². The van der Waals surface area contributed by atoms with Crippen LogP contribution in [0.25, 0.3) is 88.0 Å². The summed E-state index contributed by atoms with van der Waals surface area (Å²) in [6, 6.07) is 66.2. The second-order valence-corrected chi connectivity index (χ2v) is 12.6. The SMILES string of the molecule is c1ccc(-c2ccc(-n3c4ccccc4c4cc5c(cc43)c3ccccc3n5-c3cc(-c4ccccc4)c4ccccc4c3)cc2)cc1. The van der Waals surface area contributed by atoms with Crippen molar-refractivity contribution < 1.29 is 0 Å². The van der Waals surface area contributed by atoms with E-state index in [9.17, 15) is 0 Å². The van der Waals surface area contributed by atoms with Crippen molar-refractivity contribution in [3.63, 3.8) is 0 Å². The molecule has 8 aromatic carbocycles. The van der Waals surface area contributed by atoms with Gasteiger partial charge in [0.15, 0.2) is 0 Å². The number of rotatable bonds is 4. The van der Waals surface area contributed by atoms with Crippen molar-refractivity contribution in [2.45, 2.75) is 0 Å². The van der Waals surface area contributed by atoms with E-state index < -0.39 is 0 Å². The molecule has 0 spiro atoms. The number of benzene rings is 8. The average molecular weight is 611 g/mol. The first-order valence-electron chi connectivity index (χ1n) is 16.5. The number of fused-ring (bicyclic) bond motifs is 7. The average Bonchev–Trinajstić information content (AvgIpc) is 3.66. The lowest BCUT2D eigenvalue weighted by Gasteiger charge is -2.14. The molecule has 2 heteroatoms. The van der Waals surface area contributed by atoms with Crippen molar-refractivity contribution in [3.8, 4) is 33.6 Å². The van der Waals surface area contributed by atoms with Gasteiger partial charge in [-0.05, 0) is 81.6 Å². The molecule has 0 N–H and O–H groups in total. The number of aromatic nitrogens is 2. The quantitative estimate of drug-likeness (QED) is 0.188. The highest BCUT2D eigenvalue weighted by atomic mass is 15.0. The van der Waals surface area contributed by atoms with E-state index in [1.54, 1.807) is 0 Å². The largest absolute Gasteiger partial charge is 0.309 e. The molecule has 48 heavy (non-hydrogen) atoms. The van der Waals surface area contributed by atoms with Gasteiger partial charge in [-0.2, -0.15) is 0 Å². The Balaban J connectivity index is 1.26.